The summed E-state index contributed by atoms with van der Waals surface area (Å²) in [5.41, 5.74) is 1.67. The molecule has 3 saturated carbocycles. The van der Waals surface area contributed by atoms with Gasteiger partial charge < -0.3 is 9.47 Å². The maximum absolute atomic E-state index is 12.2. The van der Waals surface area contributed by atoms with Gasteiger partial charge in [0.2, 0.25) is 0 Å². The highest BCUT2D eigenvalue weighted by Gasteiger charge is 2.61. The minimum absolute atomic E-state index is 0.0297. The molecule has 9 atom stereocenters. The maximum atomic E-state index is 12.2. The SMILES string of the molecule is CC(=O)O[C@@H]1C=C2[C@H](OC(C)=O)C[C@H]3[C@@H]4CC[C@H]([C@@H](C)CCCC(C)C)[C@@]4(C)CC[C@@H]3[C@@]2(C)CC1. The van der Waals surface area contributed by atoms with Gasteiger partial charge in [0.1, 0.15) is 12.2 Å². The van der Waals surface area contributed by atoms with E-state index in [1.165, 1.54) is 64.4 Å². The molecule has 0 aromatic rings. The van der Waals surface area contributed by atoms with Crippen molar-refractivity contribution in [3.63, 3.8) is 0 Å². The number of ether oxygens (including phenoxy) is 2. The molecule has 0 aliphatic heterocycles. The Bertz CT molecular complexity index is 830. The highest BCUT2D eigenvalue weighted by Crippen LogP contribution is 2.68. The fourth-order valence-corrected chi connectivity index (χ4v) is 9.36. The minimum Gasteiger partial charge on any atom is -0.458 e. The first-order valence-corrected chi connectivity index (χ1v) is 14.5. The van der Waals surface area contributed by atoms with Crippen LogP contribution in [0.1, 0.15) is 113 Å². The van der Waals surface area contributed by atoms with Crippen molar-refractivity contribution >= 4 is 11.9 Å². The second-order valence-electron chi connectivity index (χ2n) is 13.5. The lowest BCUT2D eigenvalue weighted by molar-refractivity contribution is -0.155. The molecule has 0 amide bonds. The Hall–Kier alpha value is -1.32. The zero-order valence-electron chi connectivity index (χ0n) is 23.4. The lowest BCUT2D eigenvalue weighted by atomic mass is 9.46. The van der Waals surface area contributed by atoms with Crippen LogP contribution in [0.2, 0.25) is 0 Å². The van der Waals surface area contributed by atoms with Crippen molar-refractivity contribution in [2.45, 2.75) is 125 Å². The van der Waals surface area contributed by atoms with Crippen molar-refractivity contribution < 1.29 is 19.1 Å². The van der Waals surface area contributed by atoms with E-state index in [1.54, 1.807) is 0 Å². The molecule has 4 nitrogen and oxygen atoms in total. The van der Waals surface area contributed by atoms with Gasteiger partial charge >= 0.3 is 11.9 Å². The van der Waals surface area contributed by atoms with Crippen LogP contribution in [0.3, 0.4) is 0 Å². The van der Waals surface area contributed by atoms with Gasteiger partial charge in [-0.2, -0.15) is 0 Å². The van der Waals surface area contributed by atoms with Gasteiger partial charge in [0, 0.05) is 13.8 Å². The molecule has 4 heteroatoms. The molecule has 0 aromatic heterocycles. The Labute approximate surface area is 214 Å². The Morgan fingerprint density at radius 1 is 0.943 bits per heavy atom. The van der Waals surface area contributed by atoms with Crippen LogP contribution >= 0.6 is 0 Å². The first kappa shape index (κ1) is 26.7. The van der Waals surface area contributed by atoms with Crippen LogP contribution in [0.15, 0.2) is 11.6 Å². The molecule has 35 heavy (non-hydrogen) atoms. The molecule has 0 aromatic carbocycles. The van der Waals surface area contributed by atoms with E-state index in [2.05, 4.69) is 40.7 Å². The van der Waals surface area contributed by atoms with Crippen LogP contribution in [-0.2, 0) is 19.1 Å². The van der Waals surface area contributed by atoms with Crippen LogP contribution in [0.5, 0.6) is 0 Å². The third-order valence-electron chi connectivity index (χ3n) is 10.9. The van der Waals surface area contributed by atoms with Gasteiger partial charge in [0.15, 0.2) is 0 Å². The molecule has 0 spiro atoms. The zero-order valence-corrected chi connectivity index (χ0v) is 23.4. The van der Waals surface area contributed by atoms with E-state index in [-0.39, 0.29) is 29.6 Å². The lowest BCUT2D eigenvalue weighted by Crippen LogP contribution is -2.55. The molecule has 0 radical (unpaired) electrons. The van der Waals surface area contributed by atoms with Crippen molar-refractivity contribution in [1.82, 2.24) is 0 Å². The largest absolute Gasteiger partial charge is 0.458 e. The number of fused-ring (bicyclic) bond motifs is 5. The topological polar surface area (TPSA) is 52.6 Å². The monoisotopic (exact) mass is 486 g/mol. The number of hydrogen-bond donors (Lipinski definition) is 0. The quantitative estimate of drug-likeness (QED) is 0.276. The molecule has 4 aliphatic rings. The lowest BCUT2D eigenvalue weighted by Gasteiger charge is -2.60. The standard InChI is InChI=1S/C31H50O4/c1-19(2)9-8-10-20(3)25-11-12-26-24-18-29(35-22(5)33)28-17-23(34-21(4)32)13-15-31(28,7)27(24)14-16-30(25,26)6/h17,19-20,23-27,29H,8-16,18H2,1-7H3/t20-,23-,24-,25+,26-,27-,29+,30+,31+/m0/s1. The highest BCUT2D eigenvalue weighted by molar-refractivity contribution is 5.67. The Kier molecular flexibility index (Phi) is 7.80. The van der Waals surface area contributed by atoms with Gasteiger partial charge in [-0.3, -0.25) is 9.59 Å². The molecule has 4 aliphatic carbocycles. The molecule has 198 valence electrons. The smallest absolute Gasteiger partial charge is 0.303 e. The molecule has 4 rings (SSSR count). The number of carbonyl (C=O) groups excluding carboxylic acids is 2. The summed E-state index contributed by atoms with van der Waals surface area (Å²) in [4.78, 5) is 23.8. The van der Waals surface area contributed by atoms with Gasteiger partial charge in [-0.15, -0.1) is 0 Å². The average Bonchev–Trinajstić information content (AvgIpc) is 3.11. The van der Waals surface area contributed by atoms with E-state index >= 15 is 0 Å². The maximum Gasteiger partial charge on any atom is 0.303 e. The number of esters is 2. The van der Waals surface area contributed by atoms with Gasteiger partial charge in [-0.1, -0.05) is 53.9 Å². The van der Waals surface area contributed by atoms with Crippen molar-refractivity contribution in [3.05, 3.63) is 11.6 Å². The first-order chi connectivity index (χ1) is 16.5. The fraction of sp³-hybridized carbons (Fsp3) is 0.871. The summed E-state index contributed by atoms with van der Waals surface area (Å²) in [5.74, 6) is 3.93. The Balaban J connectivity index is 1.58. The molecule has 0 N–H and O–H groups in total. The number of carbonyl (C=O) groups is 2. The van der Waals surface area contributed by atoms with Crippen molar-refractivity contribution in [3.8, 4) is 0 Å². The van der Waals surface area contributed by atoms with E-state index in [0.717, 1.165) is 42.9 Å². The summed E-state index contributed by atoms with van der Waals surface area (Å²) in [6.45, 7) is 15.2. The van der Waals surface area contributed by atoms with Gasteiger partial charge in [-0.25, -0.2) is 0 Å². The van der Waals surface area contributed by atoms with Crippen LogP contribution < -0.4 is 0 Å². The normalized spacial score (nSPS) is 41.3. The average molecular weight is 487 g/mol. The third-order valence-corrected chi connectivity index (χ3v) is 10.9. The van der Waals surface area contributed by atoms with E-state index < -0.39 is 0 Å². The van der Waals surface area contributed by atoms with Crippen molar-refractivity contribution in [2.75, 3.05) is 0 Å². The summed E-state index contributed by atoms with van der Waals surface area (Å²) in [6, 6.07) is 0. The first-order valence-electron chi connectivity index (χ1n) is 14.5. The van der Waals surface area contributed by atoms with Gasteiger partial charge in [0.25, 0.3) is 0 Å². The van der Waals surface area contributed by atoms with Crippen molar-refractivity contribution in [1.29, 1.82) is 0 Å². The van der Waals surface area contributed by atoms with Crippen LogP contribution in [0.25, 0.3) is 0 Å². The molecule has 0 saturated heterocycles. The summed E-state index contributed by atoms with van der Waals surface area (Å²) in [7, 11) is 0. The van der Waals surface area contributed by atoms with Gasteiger partial charge in [0.05, 0.1) is 0 Å². The third kappa shape index (κ3) is 5.10. The van der Waals surface area contributed by atoms with Crippen LogP contribution in [-0.4, -0.2) is 24.1 Å². The summed E-state index contributed by atoms with van der Waals surface area (Å²) >= 11 is 0. The van der Waals surface area contributed by atoms with E-state index in [1.807, 2.05) is 0 Å². The van der Waals surface area contributed by atoms with E-state index in [9.17, 15) is 9.59 Å². The zero-order chi connectivity index (χ0) is 25.5. The van der Waals surface area contributed by atoms with E-state index in [0.29, 0.717) is 17.3 Å². The second kappa shape index (κ2) is 10.2. The van der Waals surface area contributed by atoms with Gasteiger partial charge in [-0.05, 0) is 103 Å². The second-order valence-corrected chi connectivity index (χ2v) is 13.5. The van der Waals surface area contributed by atoms with E-state index in [4.69, 9.17) is 9.47 Å². The predicted molar refractivity (Wildman–Crippen MR) is 140 cm³/mol. The molecule has 0 unspecified atom stereocenters. The Morgan fingerprint density at radius 3 is 2.31 bits per heavy atom. The molecule has 0 heterocycles. The summed E-state index contributed by atoms with van der Waals surface area (Å²) < 4.78 is 11.6. The molecular formula is C31H50O4. The van der Waals surface area contributed by atoms with Crippen LogP contribution in [0.4, 0.5) is 0 Å². The molecule has 3 fully saturated rings. The van der Waals surface area contributed by atoms with Crippen molar-refractivity contribution in [2.24, 2.45) is 46.3 Å². The van der Waals surface area contributed by atoms with Crippen LogP contribution in [0, 0.1) is 46.3 Å². The minimum atomic E-state index is -0.235. The molecular weight excluding hydrogens is 436 g/mol. The molecule has 0 bridgehead atoms. The predicted octanol–water partition coefficient (Wildman–Crippen LogP) is 7.50. The fourth-order valence-electron chi connectivity index (χ4n) is 9.36. The summed E-state index contributed by atoms with van der Waals surface area (Å²) in [6.07, 6.45) is 13.9. The number of hydrogen-bond acceptors (Lipinski definition) is 4. The number of rotatable bonds is 7. The Morgan fingerprint density at radius 2 is 1.66 bits per heavy atom. The highest BCUT2D eigenvalue weighted by atomic mass is 16.5. The summed E-state index contributed by atoms with van der Waals surface area (Å²) in [5, 5.41) is 0.